The van der Waals surface area contributed by atoms with Gasteiger partial charge >= 0.3 is 57.1 Å². The van der Waals surface area contributed by atoms with Crippen LogP contribution in [0, 0.1) is 0 Å². The van der Waals surface area contributed by atoms with Crippen LogP contribution in [0.2, 0.25) is 0 Å². The van der Waals surface area contributed by atoms with Crippen LogP contribution in [0.4, 0.5) is 0 Å². The number of Topliss-reactive ketones (excluding diaryl/α,β-unsaturated/α-hetero) is 1. The topological polar surface area (TPSA) is 95.0 Å². The van der Waals surface area contributed by atoms with Gasteiger partial charge in [-0.3, -0.25) is 14.2 Å². The number of carbonyl (C=O) groups excluding carboxylic acids is 1. The van der Waals surface area contributed by atoms with Crippen LogP contribution in [0.25, 0.3) is 0 Å². The van der Waals surface area contributed by atoms with Crippen LogP contribution in [-0.4, -0.2) is 15.3 Å². The first-order valence-electron chi connectivity index (χ1n) is 4.02. The van der Waals surface area contributed by atoms with Crippen molar-refractivity contribution in [2.75, 3.05) is 0 Å². The molecule has 1 aromatic heterocycles. The Bertz CT molecular complexity index is 488. The molecular weight excluding hydrogens is 227 g/mol. The first-order valence-corrected chi connectivity index (χ1v) is 4.02. The molecule has 0 unspecified atom stereocenters. The molecule has 1 N–H and O–H groups in total. The van der Waals surface area contributed by atoms with Gasteiger partial charge in [-0.2, -0.15) is 0 Å². The molecule has 76 valence electrons. The van der Waals surface area contributed by atoms with E-state index in [0.717, 1.165) is 0 Å². The third-order valence-electron chi connectivity index (χ3n) is 1.87. The Kier molecular flexibility index (Phi) is 5.68. The molecule has 0 atom stereocenters. The Labute approximate surface area is 128 Å². The predicted octanol–water partition coefficient (Wildman–Crippen LogP) is -4.26. The van der Waals surface area contributed by atoms with E-state index in [1.807, 2.05) is 4.98 Å². The van der Waals surface area contributed by atoms with E-state index < -0.39 is 28.5 Å². The fraction of sp³-hybridized carbons (Fsp3) is 0.375. The third kappa shape index (κ3) is 2.88. The monoisotopic (exact) mass is 236 g/mol. The van der Waals surface area contributed by atoms with E-state index in [9.17, 15) is 19.5 Å². The molecule has 15 heavy (non-hydrogen) atoms. The molecule has 6 nitrogen and oxygen atoms in total. The number of H-pyrrole nitrogens is 1. The van der Waals surface area contributed by atoms with Crippen LogP contribution >= 0.6 is 0 Å². The molecular formula is C8H9KN2O4. The summed E-state index contributed by atoms with van der Waals surface area (Å²) in [6.07, 6.45) is 0.0521. The molecule has 0 aromatic carbocycles. The van der Waals surface area contributed by atoms with Gasteiger partial charge in [0.25, 0.3) is 5.56 Å². The summed E-state index contributed by atoms with van der Waals surface area (Å²) >= 11 is 0. The van der Waals surface area contributed by atoms with Crippen LogP contribution in [0.3, 0.4) is 0 Å². The Hall–Kier alpha value is -0.214. The molecule has 1 rings (SSSR count). The standard InChI is InChI=1S/C8H10N2O4.K/c1-3-4(11)5-6(12)9-8(14)10(2)7(5)13;/h12H,3H2,1-2H3,(H,9,14);/q;+1/p-1. The minimum atomic E-state index is -0.912. The first kappa shape index (κ1) is 14.8. The van der Waals surface area contributed by atoms with Crippen LogP contribution in [0.5, 0.6) is 5.88 Å². The van der Waals surface area contributed by atoms with E-state index in [2.05, 4.69) is 0 Å². The summed E-state index contributed by atoms with van der Waals surface area (Å²) in [4.78, 5) is 35.3. The van der Waals surface area contributed by atoms with E-state index in [-0.39, 0.29) is 57.8 Å². The summed E-state index contributed by atoms with van der Waals surface area (Å²) in [5.74, 6) is -1.48. The number of rotatable bonds is 2. The van der Waals surface area contributed by atoms with Gasteiger partial charge in [-0.25, -0.2) is 4.79 Å². The van der Waals surface area contributed by atoms with Crippen LogP contribution in [-0.2, 0) is 7.05 Å². The Morgan fingerprint density at radius 3 is 2.47 bits per heavy atom. The predicted molar refractivity (Wildman–Crippen MR) is 46.4 cm³/mol. The zero-order valence-electron chi connectivity index (χ0n) is 8.79. The van der Waals surface area contributed by atoms with Crippen LogP contribution in [0.1, 0.15) is 23.7 Å². The Morgan fingerprint density at radius 2 is 2.00 bits per heavy atom. The SMILES string of the molecule is CCC(=O)c1c([O-])[nH]c(=O)n(C)c1=O.[K+]. The van der Waals surface area contributed by atoms with E-state index >= 15 is 0 Å². The first-order chi connectivity index (χ1) is 6.49. The van der Waals surface area contributed by atoms with Crippen molar-refractivity contribution in [3.63, 3.8) is 0 Å². The van der Waals surface area contributed by atoms with Gasteiger partial charge in [-0.1, -0.05) is 6.92 Å². The summed E-state index contributed by atoms with van der Waals surface area (Å²) in [6.45, 7) is 1.53. The average molecular weight is 236 g/mol. The second-order valence-electron chi connectivity index (χ2n) is 2.78. The normalized spacial score (nSPS) is 9.47. The third-order valence-corrected chi connectivity index (χ3v) is 1.87. The molecule has 0 radical (unpaired) electrons. The number of aromatic amines is 1. The number of hydrogen-bond donors (Lipinski definition) is 1. The second kappa shape index (κ2) is 5.76. The fourth-order valence-corrected chi connectivity index (χ4v) is 1.02. The molecule has 0 aliphatic carbocycles. The number of aromatic nitrogens is 2. The molecule has 0 amide bonds. The van der Waals surface area contributed by atoms with Crippen molar-refractivity contribution in [3.05, 3.63) is 26.4 Å². The fourth-order valence-electron chi connectivity index (χ4n) is 1.02. The Morgan fingerprint density at radius 1 is 1.47 bits per heavy atom. The Balaban J connectivity index is 0.00000196. The van der Waals surface area contributed by atoms with E-state index in [4.69, 9.17) is 0 Å². The van der Waals surface area contributed by atoms with E-state index in [1.54, 1.807) is 0 Å². The van der Waals surface area contributed by atoms with Gasteiger partial charge in [0.05, 0.1) is 5.56 Å². The maximum absolute atomic E-state index is 11.3. The number of nitrogens with zero attached hydrogens (tertiary/aromatic N) is 1. The number of nitrogens with one attached hydrogen (secondary N) is 1. The van der Waals surface area contributed by atoms with Gasteiger partial charge in [-0.15, -0.1) is 0 Å². The molecule has 7 heteroatoms. The quantitative estimate of drug-likeness (QED) is 0.415. The summed E-state index contributed by atoms with van der Waals surface area (Å²) < 4.78 is 0.699. The van der Waals surface area contributed by atoms with Gasteiger partial charge in [0.2, 0.25) is 0 Å². The number of ketones is 1. The smallest absolute Gasteiger partial charge is 0.859 e. The van der Waals surface area contributed by atoms with Crippen molar-refractivity contribution in [2.24, 2.45) is 7.05 Å². The van der Waals surface area contributed by atoms with Crippen molar-refractivity contribution in [1.29, 1.82) is 0 Å². The summed E-state index contributed by atoms with van der Waals surface area (Å²) in [5, 5.41) is 11.1. The van der Waals surface area contributed by atoms with Crippen molar-refractivity contribution in [2.45, 2.75) is 13.3 Å². The van der Waals surface area contributed by atoms with E-state index in [0.29, 0.717) is 4.57 Å². The van der Waals surface area contributed by atoms with Gasteiger partial charge < -0.3 is 10.1 Å². The molecule has 0 aliphatic heterocycles. The average Bonchev–Trinajstić information content (AvgIpc) is 2.14. The molecule has 0 saturated carbocycles. The van der Waals surface area contributed by atoms with Crippen molar-refractivity contribution in [3.8, 4) is 5.88 Å². The second-order valence-corrected chi connectivity index (χ2v) is 2.78. The molecule has 1 heterocycles. The molecule has 0 aliphatic rings. The molecule has 0 saturated heterocycles. The van der Waals surface area contributed by atoms with Gasteiger partial charge in [0.1, 0.15) is 0 Å². The zero-order valence-corrected chi connectivity index (χ0v) is 11.9. The zero-order chi connectivity index (χ0) is 10.9. The van der Waals surface area contributed by atoms with Gasteiger partial charge in [-0.05, 0) is 5.88 Å². The largest absolute Gasteiger partial charge is 1.00 e. The number of carbonyl (C=O) groups is 1. The van der Waals surface area contributed by atoms with Gasteiger partial charge in [0, 0.05) is 13.5 Å². The minimum Gasteiger partial charge on any atom is -0.859 e. The van der Waals surface area contributed by atoms with Crippen LogP contribution < -0.4 is 67.7 Å². The maximum atomic E-state index is 11.3. The maximum Gasteiger partial charge on any atom is 1.00 e. The number of hydrogen-bond acceptors (Lipinski definition) is 4. The summed E-state index contributed by atoms with van der Waals surface area (Å²) in [6, 6.07) is 0. The van der Waals surface area contributed by atoms with Crippen molar-refractivity contribution < 1.29 is 61.3 Å². The van der Waals surface area contributed by atoms with Crippen molar-refractivity contribution >= 4 is 5.78 Å². The summed E-state index contributed by atoms with van der Waals surface area (Å²) in [7, 11) is 1.20. The minimum absolute atomic E-state index is 0. The molecule has 0 fully saturated rings. The molecule has 0 bridgehead atoms. The van der Waals surface area contributed by atoms with Gasteiger partial charge in [0.15, 0.2) is 5.78 Å². The van der Waals surface area contributed by atoms with Crippen molar-refractivity contribution in [1.82, 2.24) is 9.55 Å². The van der Waals surface area contributed by atoms with E-state index in [1.165, 1.54) is 14.0 Å². The summed E-state index contributed by atoms with van der Waals surface area (Å²) in [5.41, 5.74) is -2.13. The molecule has 0 spiro atoms. The van der Waals surface area contributed by atoms with Crippen LogP contribution in [0.15, 0.2) is 9.59 Å². The molecule has 1 aromatic rings.